The third-order valence-electron chi connectivity index (χ3n) is 2.96. The predicted molar refractivity (Wildman–Crippen MR) is 78.5 cm³/mol. The average Bonchev–Trinajstić information content (AvgIpc) is 2.26. The number of hydrogen-bond donors (Lipinski definition) is 1. The summed E-state index contributed by atoms with van der Waals surface area (Å²) in [7, 11) is 0. The van der Waals surface area contributed by atoms with Crippen LogP contribution in [0.5, 0.6) is 0 Å². The van der Waals surface area contributed by atoms with E-state index in [4.69, 9.17) is 28.9 Å². The van der Waals surface area contributed by atoms with Crippen molar-refractivity contribution in [1.82, 2.24) is 4.98 Å². The Hall–Kier alpha value is -0.830. The van der Waals surface area contributed by atoms with Gasteiger partial charge in [0.25, 0.3) is 0 Å². The van der Waals surface area contributed by atoms with Crippen LogP contribution in [-0.2, 0) is 0 Å². The molecule has 0 aliphatic carbocycles. The van der Waals surface area contributed by atoms with E-state index in [0.29, 0.717) is 16.0 Å². The van der Waals surface area contributed by atoms with E-state index in [1.807, 2.05) is 19.1 Å². The van der Waals surface area contributed by atoms with Crippen molar-refractivity contribution in [1.29, 1.82) is 0 Å². The summed E-state index contributed by atoms with van der Waals surface area (Å²) in [5, 5.41) is 2.10. The van der Waals surface area contributed by atoms with Gasteiger partial charge in [-0.05, 0) is 36.6 Å². The summed E-state index contributed by atoms with van der Waals surface area (Å²) in [6.07, 6.45) is 0. The van der Waals surface area contributed by atoms with Crippen molar-refractivity contribution < 1.29 is 0 Å². The van der Waals surface area contributed by atoms with Gasteiger partial charge in [0.1, 0.15) is 0 Å². The van der Waals surface area contributed by atoms with Gasteiger partial charge in [-0.3, -0.25) is 4.98 Å². The molecule has 2 aromatic rings. The minimum atomic E-state index is -0.0910. The van der Waals surface area contributed by atoms with Gasteiger partial charge in [0.2, 0.25) is 0 Å². The van der Waals surface area contributed by atoms with Crippen LogP contribution < -0.4 is 5.73 Å². The van der Waals surface area contributed by atoms with Gasteiger partial charge < -0.3 is 5.73 Å². The quantitative estimate of drug-likeness (QED) is 0.868. The Morgan fingerprint density at radius 1 is 1.11 bits per heavy atom. The summed E-state index contributed by atoms with van der Waals surface area (Å²) in [6.45, 7) is 6.15. The molecule has 0 spiro atoms. The Balaban J connectivity index is 2.85. The minimum Gasteiger partial charge on any atom is -0.324 e. The van der Waals surface area contributed by atoms with Crippen LogP contribution in [0.4, 0.5) is 0 Å². The van der Waals surface area contributed by atoms with Gasteiger partial charge >= 0.3 is 0 Å². The second-order valence-electron chi connectivity index (χ2n) is 4.86. The molecule has 1 atom stereocenters. The fourth-order valence-electron chi connectivity index (χ4n) is 1.99. The van der Waals surface area contributed by atoms with Gasteiger partial charge in [0.05, 0.1) is 10.5 Å². The first-order chi connectivity index (χ1) is 8.40. The summed E-state index contributed by atoms with van der Waals surface area (Å²) in [4.78, 5) is 4.62. The van der Waals surface area contributed by atoms with E-state index >= 15 is 0 Å². The highest BCUT2D eigenvalue weighted by Gasteiger charge is 2.14. The third kappa shape index (κ3) is 2.46. The molecule has 96 valence electrons. The maximum Gasteiger partial charge on any atom is 0.0738 e. The summed E-state index contributed by atoms with van der Waals surface area (Å²) >= 11 is 12.3. The monoisotopic (exact) mass is 282 g/mol. The van der Waals surface area contributed by atoms with Crippen LogP contribution in [0.2, 0.25) is 10.0 Å². The first kappa shape index (κ1) is 13.6. The number of halogens is 2. The van der Waals surface area contributed by atoms with Crippen molar-refractivity contribution in [2.45, 2.75) is 32.7 Å². The molecular formula is C14H16Cl2N2. The Morgan fingerprint density at radius 2 is 1.78 bits per heavy atom. The molecule has 0 aliphatic rings. The number of aromatic nitrogens is 1. The van der Waals surface area contributed by atoms with Crippen LogP contribution in [0.3, 0.4) is 0 Å². The Bertz CT molecular complexity index is 592. The molecule has 0 saturated carbocycles. The Kier molecular flexibility index (Phi) is 3.81. The van der Waals surface area contributed by atoms with Crippen LogP contribution in [0, 0.1) is 0 Å². The highest BCUT2D eigenvalue weighted by molar-refractivity contribution is 6.38. The normalized spacial score (nSPS) is 13.3. The van der Waals surface area contributed by atoms with E-state index in [2.05, 4.69) is 18.8 Å². The van der Waals surface area contributed by atoms with Gasteiger partial charge in [0.15, 0.2) is 0 Å². The highest BCUT2D eigenvalue weighted by Crippen LogP contribution is 2.33. The lowest BCUT2D eigenvalue weighted by Gasteiger charge is -2.15. The Labute approximate surface area is 117 Å². The molecular weight excluding hydrogens is 267 g/mol. The van der Waals surface area contributed by atoms with E-state index < -0.39 is 0 Å². The smallest absolute Gasteiger partial charge is 0.0738 e. The van der Waals surface area contributed by atoms with E-state index in [1.54, 1.807) is 6.07 Å². The molecule has 1 aromatic heterocycles. The molecule has 2 N–H and O–H groups in total. The number of nitrogens with two attached hydrogens (primary N) is 1. The second kappa shape index (κ2) is 5.04. The number of pyridine rings is 1. The molecule has 4 heteroatoms. The van der Waals surface area contributed by atoms with Gasteiger partial charge in [0, 0.05) is 22.1 Å². The molecule has 0 fully saturated rings. The van der Waals surface area contributed by atoms with Gasteiger partial charge in [-0.2, -0.15) is 0 Å². The molecule has 1 unspecified atom stereocenters. The van der Waals surface area contributed by atoms with Crippen molar-refractivity contribution in [3.8, 4) is 0 Å². The zero-order valence-electron chi connectivity index (χ0n) is 10.7. The Morgan fingerprint density at radius 3 is 2.33 bits per heavy atom. The molecule has 1 heterocycles. The summed E-state index contributed by atoms with van der Waals surface area (Å²) in [5.41, 5.74) is 8.87. The van der Waals surface area contributed by atoms with Crippen LogP contribution in [0.1, 0.15) is 44.0 Å². The fraction of sp³-hybridized carbons (Fsp3) is 0.357. The molecule has 2 rings (SSSR count). The highest BCUT2D eigenvalue weighted by atomic mass is 35.5. The largest absolute Gasteiger partial charge is 0.324 e. The lowest BCUT2D eigenvalue weighted by molar-refractivity contribution is 0.794. The maximum atomic E-state index is 6.26. The van der Waals surface area contributed by atoms with E-state index in [9.17, 15) is 0 Å². The molecule has 0 amide bonds. The number of hydrogen-bond acceptors (Lipinski definition) is 2. The van der Waals surface area contributed by atoms with Crippen molar-refractivity contribution >= 4 is 34.1 Å². The molecule has 1 aromatic carbocycles. The van der Waals surface area contributed by atoms with Crippen molar-refractivity contribution in [2.75, 3.05) is 0 Å². The maximum absolute atomic E-state index is 6.26. The molecule has 0 bridgehead atoms. The fourth-order valence-corrected chi connectivity index (χ4v) is 2.58. The molecule has 0 saturated heterocycles. The minimum absolute atomic E-state index is 0.0910. The first-order valence-electron chi connectivity index (χ1n) is 5.95. The standard InChI is InChI=1S/C14H16Cl2N2/c1-7(2)12-6-10(8(3)17)14-11(16)4-9(15)5-13(14)18-12/h4-8H,17H2,1-3H3. The first-order valence-corrected chi connectivity index (χ1v) is 6.71. The second-order valence-corrected chi connectivity index (χ2v) is 5.71. The zero-order valence-corrected chi connectivity index (χ0v) is 12.2. The van der Waals surface area contributed by atoms with E-state index in [0.717, 1.165) is 22.2 Å². The van der Waals surface area contributed by atoms with E-state index in [1.165, 1.54) is 0 Å². The lowest BCUT2D eigenvalue weighted by atomic mass is 9.99. The summed E-state index contributed by atoms with van der Waals surface area (Å²) in [6, 6.07) is 5.51. The van der Waals surface area contributed by atoms with Crippen LogP contribution in [0.25, 0.3) is 10.9 Å². The molecule has 0 radical (unpaired) electrons. The number of benzene rings is 1. The lowest BCUT2D eigenvalue weighted by Crippen LogP contribution is -2.08. The topological polar surface area (TPSA) is 38.9 Å². The average molecular weight is 283 g/mol. The van der Waals surface area contributed by atoms with Crippen LogP contribution >= 0.6 is 23.2 Å². The van der Waals surface area contributed by atoms with Gasteiger partial charge in [-0.25, -0.2) is 0 Å². The zero-order chi connectivity index (χ0) is 13.4. The van der Waals surface area contributed by atoms with E-state index in [-0.39, 0.29) is 6.04 Å². The summed E-state index contributed by atoms with van der Waals surface area (Å²) < 4.78 is 0. The van der Waals surface area contributed by atoms with Crippen molar-refractivity contribution in [3.63, 3.8) is 0 Å². The van der Waals surface area contributed by atoms with Gasteiger partial charge in [-0.15, -0.1) is 0 Å². The van der Waals surface area contributed by atoms with Crippen molar-refractivity contribution in [2.24, 2.45) is 5.73 Å². The SMILES string of the molecule is CC(C)c1cc(C(C)N)c2c(Cl)cc(Cl)cc2n1. The van der Waals surface area contributed by atoms with Gasteiger partial charge in [-0.1, -0.05) is 37.0 Å². The molecule has 0 aliphatic heterocycles. The number of rotatable bonds is 2. The number of nitrogens with zero attached hydrogens (tertiary/aromatic N) is 1. The summed E-state index contributed by atoms with van der Waals surface area (Å²) in [5.74, 6) is 0.338. The third-order valence-corrected chi connectivity index (χ3v) is 3.47. The number of fused-ring (bicyclic) bond motifs is 1. The van der Waals surface area contributed by atoms with Crippen LogP contribution in [-0.4, -0.2) is 4.98 Å². The molecule has 2 nitrogen and oxygen atoms in total. The predicted octanol–water partition coefficient (Wildman–Crippen LogP) is 4.68. The molecule has 18 heavy (non-hydrogen) atoms. The van der Waals surface area contributed by atoms with Crippen LogP contribution in [0.15, 0.2) is 18.2 Å². The van der Waals surface area contributed by atoms with Crippen molar-refractivity contribution in [3.05, 3.63) is 39.5 Å².